The van der Waals surface area contributed by atoms with E-state index in [1.165, 1.54) is 0 Å². The van der Waals surface area contributed by atoms with Gasteiger partial charge in [-0.15, -0.1) is 0 Å². The number of rotatable bonds is 7. The Hall–Kier alpha value is -2.44. The Kier molecular flexibility index (Phi) is 6.35. The highest BCUT2D eigenvalue weighted by Crippen LogP contribution is 2.35. The molecule has 0 N–H and O–H groups in total. The van der Waals surface area contributed by atoms with Crippen molar-refractivity contribution < 1.29 is 14.3 Å². The third-order valence-corrected chi connectivity index (χ3v) is 6.28. The van der Waals surface area contributed by atoms with Gasteiger partial charge in [0.05, 0.1) is 24.9 Å². The van der Waals surface area contributed by atoms with Crippen LogP contribution in [-0.4, -0.2) is 69.2 Å². The predicted octanol–water partition coefficient (Wildman–Crippen LogP) is 3.53. The molecule has 0 radical (unpaired) electrons. The van der Waals surface area contributed by atoms with Gasteiger partial charge in [0.1, 0.15) is 0 Å². The van der Waals surface area contributed by atoms with Crippen molar-refractivity contribution in [2.75, 3.05) is 58.4 Å². The molecule has 0 unspecified atom stereocenters. The van der Waals surface area contributed by atoms with E-state index in [0.717, 1.165) is 67.5 Å². The van der Waals surface area contributed by atoms with Gasteiger partial charge in [0.25, 0.3) is 5.91 Å². The summed E-state index contributed by atoms with van der Waals surface area (Å²) in [5.41, 5.74) is 2.84. The quantitative estimate of drug-likeness (QED) is 0.673. The topological polar surface area (TPSA) is 45.3 Å². The number of nitrogens with zero attached hydrogens (tertiary/aromatic N) is 3. The first-order valence-electron chi connectivity index (χ1n) is 10.4. The van der Waals surface area contributed by atoms with Crippen LogP contribution in [0.2, 0.25) is 5.02 Å². The van der Waals surface area contributed by atoms with Crippen LogP contribution in [0.1, 0.15) is 22.3 Å². The summed E-state index contributed by atoms with van der Waals surface area (Å²) in [5, 5.41) is 0.811. The number of carbonyl (C=O) groups excluding carboxylic acids is 1. The molecule has 2 aliphatic heterocycles. The fourth-order valence-corrected chi connectivity index (χ4v) is 4.54. The van der Waals surface area contributed by atoms with E-state index in [-0.39, 0.29) is 5.91 Å². The monoisotopic (exact) mass is 429 g/mol. The lowest BCUT2D eigenvalue weighted by Gasteiger charge is -2.36. The third kappa shape index (κ3) is 4.20. The fraction of sp³-hybridized carbons (Fsp3) is 0.435. The molecule has 0 bridgehead atoms. The highest BCUT2D eigenvalue weighted by molar-refractivity contribution is 6.33. The zero-order valence-electron chi connectivity index (χ0n) is 17.6. The fourth-order valence-electron chi connectivity index (χ4n) is 4.29. The summed E-state index contributed by atoms with van der Waals surface area (Å²) in [5.74, 6) is 1.35. The smallest absolute Gasteiger partial charge is 0.254 e. The number of halogens is 1. The number of ether oxygens (including phenoxy) is 2. The van der Waals surface area contributed by atoms with Gasteiger partial charge in [0, 0.05) is 44.8 Å². The van der Waals surface area contributed by atoms with Gasteiger partial charge in [-0.1, -0.05) is 23.7 Å². The first-order chi connectivity index (χ1) is 14.6. The van der Waals surface area contributed by atoms with E-state index in [9.17, 15) is 4.79 Å². The molecule has 0 aliphatic carbocycles. The number of fused-ring (bicyclic) bond motifs is 1. The van der Waals surface area contributed by atoms with Gasteiger partial charge < -0.3 is 19.3 Å². The lowest BCUT2D eigenvalue weighted by Crippen LogP contribution is -2.47. The van der Waals surface area contributed by atoms with Gasteiger partial charge >= 0.3 is 0 Å². The van der Waals surface area contributed by atoms with E-state index in [2.05, 4.69) is 15.9 Å². The molecular weight excluding hydrogens is 402 g/mol. The lowest BCUT2D eigenvalue weighted by molar-refractivity contribution is 0.0770. The van der Waals surface area contributed by atoms with Crippen LogP contribution in [0.5, 0.6) is 11.5 Å². The number of anilines is 1. The summed E-state index contributed by atoms with van der Waals surface area (Å²) in [6.45, 7) is 6.33. The number of carbonyl (C=O) groups is 1. The van der Waals surface area contributed by atoms with Crippen molar-refractivity contribution in [3.05, 3.63) is 52.5 Å². The van der Waals surface area contributed by atoms with Gasteiger partial charge in [-0.3, -0.25) is 9.69 Å². The van der Waals surface area contributed by atoms with Crippen LogP contribution < -0.4 is 14.4 Å². The van der Waals surface area contributed by atoms with E-state index in [1.807, 2.05) is 29.2 Å². The van der Waals surface area contributed by atoms with Crippen molar-refractivity contribution in [3.63, 3.8) is 0 Å². The summed E-state index contributed by atoms with van der Waals surface area (Å²) in [6, 6.07) is 11.7. The second kappa shape index (κ2) is 9.14. The molecule has 0 spiro atoms. The molecule has 2 heterocycles. The minimum atomic E-state index is 0.0782. The van der Waals surface area contributed by atoms with Gasteiger partial charge in [-0.2, -0.15) is 0 Å². The number of hydrogen-bond acceptors (Lipinski definition) is 5. The molecule has 1 saturated heterocycles. The molecule has 0 saturated carbocycles. The maximum Gasteiger partial charge on any atom is 0.254 e. The summed E-state index contributed by atoms with van der Waals surface area (Å²) < 4.78 is 10.7. The molecule has 0 atom stereocenters. The molecule has 2 aromatic rings. The molecular formula is C23H28ClN3O3. The van der Waals surface area contributed by atoms with Crippen molar-refractivity contribution in [3.8, 4) is 11.5 Å². The summed E-state index contributed by atoms with van der Waals surface area (Å²) >= 11 is 6.33. The second-order valence-corrected chi connectivity index (χ2v) is 8.13. The number of piperazine rings is 1. The normalized spacial score (nSPS) is 16.7. The Labute approximate surface area is 182 Å². The Morgan fingerprint density at radius 1 is 0.967 bits per heavy atom. The van der Waals surface area contributed by atoms with E-state index in [4.69, 9.17) is 21.1 Å². The third-order valence-electron chi connectivity index (χ3n) is 5.96. The van der Waals surface area contributed by atoms with Crippen LogP contribution in [0.3, 0.4) is 0 Å². The predicted molar refractivity (Wildman–Crippen MR) is 119 cm³/mol. The molecule has 7 heteroatoms. The van der Waals surface area contributed by atoms with Crippen LogP contribution >= 0.6 is 11.6 Å². The van der Waals surface area contributed by atoms with Crippen molar-refractivity contribution in [1.82, 2.24) is 9.80 Å². The molecule has 0 aromatic heterocycles. The first kappa shape index (κ1) is 20.8. The highest BCUT2D eigenvalue weighted by Gasteiger charge is 2.29. The molecule has 1 amide bonds. The Bertz CT molecular complexity index is 913. The van der Waals surface area contributed by atoms with Crippen molar-refractivity contribution >= 4 is 23.2 Å². The van der Waals surface area contributed by atoms with Crippen molar-refractivity contribution in [1.29, 1.82) is 0 Å². The molecule has 4 rings (SSSR count). The van der Waals surface area contributed by atoms with Gasteiger partial charge in [-0.05, 0) is 42.8 Å². The van der Waals surface area contributed by atoms with Crippen LogP contribution in [0.15, 0.2) is 36.4 Å². The minimum Gasteiger partial charge on any atom is -0.493 e. The van der Waals surface area contributed by atoms with Crippen LogP contribution in [0, 0.1) is 0 Å². The Morgan fingerprint density at radius 2 is 1.67 bits per heavy atom. The van der Waals surface area contributed by atoms with E-state index >= 15 is 0 Å². The molecule has 1 fully saturated rings. The van der Waals surface area contributed by atoms with Crippen LogP contribution in [-0.2, 0) is 6.54 Å². The zero-order valence-corrected chi connectivity index (χ0v) is 18.3. The van der Waals surface area contributed by atoms with E-state index in [1.54, 1.807) is 20.3 Å². The average molecular weight is 430 g/mol. The summed E-state index contributed by atoms with van der Waals surface area (Å²) in [4.78, 5) is 19.5. The summed E-state index contributed by atoms with van der Waals surface area (Å²) in [7, 11) is 3.21. The molecule has 30 heavy (non-hydrogen) atoms. The highest BCUT2D eigenvalue weighted by atomic mass is 35.5. The molecule has 2 aliphatic rings. The number of benzene rings is 2. The number of methoxy groups -OCH3 is 2. The van der Waals surface area contributed by atoms with E-state index < -0.39 is 0 Å². The largest absolute Gasteiger partial charge is 0.493 e. The standard InChI is InChI=1S/C23H28ClN3O3/c1-29-21-14-17-16-27(23(28)18(17)15-22(21)30-2)9-5-8-25-10-12-26(13-11-25)20-7-4-3-6-19(20)24/h3-4,6-7,14-15H,5,8-13,16H2,1-2H3. The molecule has 2 aromatic carbocycles. The van der Waals surface area contributed by atoms with Crippen molar-refractivity contribution in [2.24, 2.45) is 0 Å². The van der Waals surface area contributed by atoms with Gasteiger partial charge in [0.2, 0.25) is 0 Å². The number of hydrogen-bond donors (Lipinski definition) is 0. The number of amides is 1. The summed E-state index contributed by atoms with van der Waals surface area (Å²) in [6.07, 6.45) is 0.958. The van der Waals surface area contributed by atoms with Gasteiger partial charge in [-0.25, -0.2) is 0 Å². The van der Waals surface area contributed by atoms with Crippen molar-refractivity contribution in [2.45, 2.75) is 13.0 Å². The SMILES string of the molecule is COc1cc2c(cc1OC)C(=O)N(CCCN1CCN(c3ccccc3Cl)CC1)C2. The Balaban J connectivity index is 1.26. The van der Waals surface area contributed by atoms with E-state index in [0.29, 0.717) is 18.0 Å². The molecule has 160 valence electrons. The van der Waals surface area contributed by atoms with Crippen LogP contribution in [0.4, 0.5) is 5.69 Å². The molecule has 6 nitrogen and oxygen atoms in total. The number of para-hydroxylation sites is 1. The zero-order chi connectivity index (χ0) is 21.1. The first-order valence-corrected chi connectivity index (χ1v) is 10.7. The van der Waals surface area contributed by atoms with Crippen LogP contribution in [0.25, 0.3) is 0 Å². The minimum absolute atomic E-state index is 0.0782. The lowest BCUT2D eigenvalue weighted by atomic mass is 10.1. The second-order valence-electron chi connectivity index (χ2n) is 7.72. The Morgan fingerprint density at radius 3 is 2.37 bits per heavy atom. The van der Waals surface area contributed by atoms with Gasteiger partial charge in [0.15, 0.2) is 11.5 Å². The maximum absolute atomic E-state index is 12.8. The maximum atomic E-state index is 12.8. The average Bonchev–Trinajstić information content (AvgIpc) is 3.08.